The minimum Gasteiger partial charge on any atom is -0.308 e. The third-order valence-corrected chi connectivity index (χ3v) is 8.45. The van der Waals surface area contributed by atoms with E-state index in [4.69, 9.17) is 15.0 Å². The molecule has 0 aliphatic rings. The van der Waals surface area contributed by atoms with Gasteiger partial charge in [0.15, 0.2) is 17.5 Å². The maximum Gasteiger partial charge on any atom is 0.166 e. The molecule has 49 heavy (non-hydrogen) atoms. The molecule has 0 bridgehead atoms. The molecule has 0 saturated heterocycles. The molecule has 0 fully saturated rings. The Bertz CT molecular complexity index is 2520. The molecule has 2 aromatic heterocycles. The van der Waals surface area contributed by atoms with E-state index in [1.165, 1.54) is 12.1 Å². The number of halogens is 2. The Balaban J connectivity index is 1.49. The molecule has 230 valence electrons. The Morgan fingerprint density at radius 3 is 1.57 bits per heavy atom. The van der Waals surface area contributed by atoms with Gasteiger partial charge in [-0.15, -0.1) is 0 Å². The second-order valence-electron chi connectivity index (χ2n) is 11.4. The zero-order valence-electron chi connectivity index (χ0n) is 25.6. The van der Waals surface area contributed by atoms with Gasteiger partial charge in [-0.25, -0.2) is 23.7 Å². The van der Waals surface area contributed by atoms with Gasteiger partial charge in [0.1, 0.15) is 11.6 Å². The highest BCUT2D eigenvalue weighted by atomic mass is 19.1. The highest BCUT2D eigenvalue weighted by molar-refractivity contribution is 6.10. The van der Waals surface area contributed by atoms with Crippen LogP contribution in [0.3, 0.4) is 0 Å². The molecule has 0 spiro atoms. The molecule has 0 saturated carbocycles. The standard InChI is InChI=1S/C41H22F2N6/c42-30-14-17-31(35(43)22-30)29-13-18-36(49-37-19-25(23-44)11-15-32(37)33-16-12-26(24-45)20-38(33)49)34(21-29)41-47-39(27-7-3-1-4-8-27)46-40(48-41)28-9-5-2-6-10-28/h1-22H. The van der Waals surface area contributed by atoms with Crippen molar-refractivity contribution >= 4 is 21.8 Å². The van der Waals surface area contributed by atoms with E-state index in [2.05, 4.69) is 12.1 Å². The van der Waals surface area contributed by atoms with E-state index in [9.17, 15) is 14.9 Å². The summed E-state index contributed by atoms with van der Waals surface area (Å²) in [6, 6.07) is 43.3. The number of rotatable bonds is 5. The molecule has 0 unspecified atom stereocenters. The minimum atomic E-state index is -0.710. The second kappa shape index (κ2) is 12.0. The lowest BCUT2D eigenvalue weighted by Gasteiger charge is -2.16. The Hall–Kier alpha value is -7.03. The maximum absolute atomic E-state index is 15.3. The number of hydrogen-bond donors (Lipinski definition) is 0. The number of nitriles is 2. The van der Waals surface area contributed by atoms with Gasteiger partial charge < -0.3 is 4.57 Å². The number of nitrogens with zero attached hydrogens (tertiary/aromatic N) is 6. The summed E-state index contributed by atoms with van der Waals surface area (Å²) in [4.78, 5) is 14.8. The fraction of sp³-hybridized carbons (Fsp3) is 0. The van der Waals surface area contributed by atoms with Crippen molar-refractivity contribution in [3.05, 3.63) is 156 Å². The monoisotopic (exact) mass is 636 g/mol. The molecule has 6 aromatic carbocycles. The first-order valence-corrected chi connectivity index (χ1v) is 15.4. The topological polar surface area (TPSA) is 91.2 Å². The largest absolute Gasteiger partial charge is 0.308 e. The summed E-state index contributed by atoms with van der Waals surface area (Å²) in [6.07, 6.45) is 0. The van der Waals surface area contributed by atoms with E-state index in [-0.39, 0.29) is 5.56 Å². The van der Waals surface area contributed by atoms with E-state index < -0.39 is 11.6 Å². The predicted octanol–water partition coefficient (Wildman–Crippen LogP) is 9.66. The average Bonchev–Trinajstić information content (AvgIpc) is 3.47. The van der Waals surface area contributed by atoms with Gasteiger partial charge in [0, 0.05) is 39.1 Å². The van der Waals surface area contributed by atoms with Crippen molar-refractivity contribution in [2.45, 2.75) is 0 Å². The quantitative estimate of drug-likeness (QED) is 0.188. The number of benzene rings is 6. The van der Waals surface area contributed by atoms with Crippen LogP contribution in [0.5, 0.6) is 0 Å². The van der Waals surface area contributed by atoms with Crippen molar-refractivity contribution in [2.24, 2.45) is 0 Å². The van der Waals surface area contributed by atoms with Gasteiger partial charge in [0.2, 0.25) is 0 Å². The highest BCUT2D eigenvalue weighted by Gasteiger charge is 2.21. The Morgan fingerprint density at radius 1 is 0.490 bits per heavy atom. The van der Waals surface area contributed by atoms with E-state index in [0.29, 0.717) is 45.4 Å². The number of aromatic nitrogens is 4. The lowest BCUT2D eigenvalue weighted by molar-refractivity contribution is 0.585. The first kappa shape index (κ1) is 29.4. The van der Waals surface area contributed by atoms with Crippen molar-refractivity contribution in [3.63, 3.8) is 0 Å². The average molecular weight is 637 g/mol. The van der Waals surface area contributed by atoms with Gasteiger partial charge in [-0.05, 0) is 54.1 Å². The van der Waals surface area contributed by atoms with Gasteiger partial charge in [-0.3, -0.25) is 0 Å². The van der Waals surface area contributed by atoms with Gasteiger partial charge in [0.05, 0.1) is 40.0 Å². The molecular formula is C41H22F2N6. The van der Waals surface area contributed by atoms with Crippen LogP contribution in [-0.2, 0) is 0 Å². The second-order valence-corrected chi connectivity index (χ2v) is 11.4. The summed E-state index contributed by atoms with van der Waals surface area (Å²) in [6.45, 7) is 0. The van der Waals surface area contributed by atoms with Crippen molar-refractivity contribution in [1.29, 1.82) is 10.5 Å². The lowest BCUT2D eigenvalue weighted by Crippen LogP contribution is -2.04. The van der Waals surface area contributed by atoms with Crippen LogP contribution in [-0.4, -0.2) is 19.5 Å². The summed E-state index contributed by atoms with van der Waals surface area (Å²) in [5.74, 6) is -0.195. The lowest BCUT2D eigenvalue weighted by atomic mass is 10.00. The van der Waals surface area contributed by atoms with Crippen LogP contribution in [0.2, 0.25) is 0 Å². The van der Waals surface area contributed by atoms with Crippen LogP contribution >= 0.6 is 0 Å². The molecule has 0 amide bonds. The molecule has 8 heteroatoms. The minimum absolute atomic E-state index is 0.204. The molecule has 0 atom stereocenters. The summed E-state index contributed by atoms with van der Waals surface area (Å²) in [7, 11) is 0. The molecule has 6 nitrogen and oxygen atoms in total. The van der Waals surface area contributed by atoms with Crippen LogP contribution in [0.1, 0.15) is 11.1 Å². The molecule has 0 N–H and O–H groups in total. The highest BCUT2D eigenvalue weighted by Crippen LogP contribution is 2.39. The first-order chi connectivity index (χ1) is 24.0. The summed E-state index contributed by atoms with van der Waals surface area (Å²) < 4.78 is 31.2. The Morgan fingerprint density at radius 2 is 1.04 bits per heavy atom. The summed E-state index contributed by atoms with van der Waals surface area (Å²) in [5, 5.41) is 21.4. The van der Waals surface area contributed by atoms with Crippen molar-refractivity contribution in [1.82, 2.24) is 19.5 Å². The van der Waals surface area contributed by atoms with Gasteiger partial charge in [-0.2, -0.15) is 10.5 Å². The third kappa shape index (κ3) is 5.24. The zero-order chi connectivity index (χ0) is 33.5. The molecule has 0 radical (unpaired) electrons. The summed E-state index contributed by atoms with van der Waals surface area (Å²) in [5.41, 5.74) is 5.77. The van der Waals surface area contributed by atoms with Gasteiger partial charge in [-0.1, -0.05) is 78.9 Å². The predicted molar refractivity (Wildman–Crippen MR) is 185 cm³/mol. The maximum atomic E-state index is 15.3. The van der Waals surface area contributed by atoms with Crippen LogP contribution in [0.25, 0.3) is 72.8 Å². The SMILES string of the molecule is N#Cc1ccc2c3ccc(C#N)cc3n(-c3ccc(-c4ccc(F)cc4F)cc3-c3nc(-c4ccccc4)nc(-c4ccccc4)n3)c2c1. The Labute approximate surface area is 279 Å². The van der Waals surface area contributed by atoms with Crippen LogP contribution < -0.4 is 0 Å². The van der Waals surface area contributed by atoms with Gasteiger partial charge in [0.25, 0.3) is 0 Å². The molecule has 0 aliphatic carbocycles. The summed E-state index contributed by atoms with van der Waals surface area (Å²) >= 11 is 0. The third-order valence-electron chi connectivity index (χ3n) is 8.45. The van der Waals surface area contributed by atoms with Crippen molar-refractivity contribution in [2.75, 3.05) is 0 Å². The van der Waals surface area contributed by atoms with E-state index in [0.717, 1.165) is 39.0 Å². The fourth-order valence-corrected chi connectivity index (χ4v) is 6.15. The zero-order valence-corrected chi connectivity index (χ0v) is 25.6. The van der Waals surface area contributed by atoms with Gasteiger partial charge >= 0.3 is 0 Å². The molecule has 8 aromatic rings. The normalized spacial score (nSPS) is 11.0. The fourth-order valence-electron chi connectivity index (χ4n) is 6.15. The van der Waals surface area contributed by atoms with E-state index >= 15 is 4.39 Å². The Kier molecular flexibility index (Phi) is 7.17. The van der Waals surface area contributed by atoms with Crippen molar-refractivity contribution in [3.8, 4) is 63.1 Å². The van der Waals surface area contributed by atoms with E-state index in [1.807, 2.05) is 83.4 Å². The first-order valence-electron chi connectivity index (χ1n) is 15.4. The number of fused-ring (bicyclic) bond motifs is 3. The van der Waals surface area contributed by atoms with Crippen LogP contribution in [0, 0.1) is 34.3 Å². The van der Waals surface area contributed by atoms with Crippen LogP contribution in [0.15, 0.2) is 133 Å². The number of hydrogen-bond acceptors (Lipinski definition) is 5. The molecule has 0 aliphatic heterocycles. The van der Waals surface area contributed by atoms with E-state index in [1.54, 1.807) is 36.4 Å². The van der Waals surface area contributed by atoms with Crippen LogP contribution in [0.4, 0.5) is 8.78 Å². The molecular weight excluding hydrogens is 614 g/mol. The molecule has 8 rings (SSSR count). The van der Waals surface area contributed by atoms with Crippen molar-refractivity contribution < 1.29 is 8.78 Å². The molecule has 2 heterocycles. The smallest absolute Gasteiger partial charge is 0.166 e.